The van der Waals surface area contributed by atoms with Crippen LogP contribution in [0.25, 0.3) is 33.6 Å². The zero-order chi connectivity index (χ0) is 44.6. The SMILES string of the molecule is C.C1=C(c2nccs2)CNC1.O=C(O)c1nc2c(C(F)(F)F)cc(C3=CCCC3)cn2c1Cl.O=C(c1nc2c(C(F)(F)F)cc(C3=CCCC3)cn2c1Cl)N1CC=C(c2nccs2)C1. The molecule has 2 aliphatic heterocycles. The maximum absolute atomic E-state index is 13.8. The third kappa shape index (κ3) is 9.68. The lowest BCUT2D eigenvalue weighted by Crippen LogP contribution is -2.29. The van der Waals surface area contributed by atoms with E-state index in [0.29, 0.717) is 37.1 Å². The molecular formula is C43H38Cl2F6N8O3S2. The van der Waals surface area contributed by atoms with Crippen LogP contribution in [0.15, 0.2) is 72.0 Å². The van der Waals surface area contributed by atoms with Crippen LogP contribution in [0.1, 0.15) is 99.2 Å². The Morgan fingerprint density at radius 2 is 1.23 bits per heavy atom. The highest BCUT2D eigenvalue weighted by molar-refractivity contribution is 7.11. The van der Waals surface area contributed by atoms with E-state index in [0.717, 1.165) is 82.0 Å². The number of carbonyl (C=O) groups is 2. The number of carbonyl (C=O) groups excluding carboxylic acids is 1. The summed E-state index contributed by atoms with van der Waals surface area (Å²) in [6.07, 6.45) is 9.91. The number of thiazole rings is 2. The molecule has 21 heteroatoms. The molecule has 0 saturated carbocycles. The molecular weight excluding hydrogens is 926 g/mol. The summed E-state index contributed by atoms with van der Waals surface area (Å²) in [5.74, 6) is -1.98. The Bertz CT molecular complexity index is 2850. The van der Waals surface area contributed by atoms with Gasteiger partial charge in [0.2, 0.25) is 0 Å². The number of imidazole rings is 2. The van der Waals surface area contributed by atoms with Crippen molar-refractivity contribution < 1.29 is 41.0 Å². The molecule has 0 fully saturated rings. The summed E-state index contributed by atoms with van der Waals surface area (Å²) in [4.78, 5) is 41.6. The normalized spacial score (nSPS) is 16.2. The van der Waals surface area contributed by atoms with Crippen LogP contribution < -0.4 is 5.32 Å². The highest BCUT2D eigenvalue weighted by atomic mass is 35.5. The summed E-state index contributed by atoms with van der Waals surface area (Å²) in [7, 11) is 0. The van der Waals surface area contributed by atoms with Crippen molar-refractivity contribution in [1.29, 1.82) is 0 Å². The van der Waals surface area contributed by atoms with Crippen LogP contribution in [0.4, 0.5) is 26.3 Å². The predicted octanol–water partition coefficient (Wildman–Crippen LogP) is 11.6. The molecule has 336 valence electrons. The highest BCUT2D eigenvalue weighted by Crippen LogP contribution is 2.40. The number of pyridine rings is 2. The maximum atomic E-state index is 13.8. The number of rotatable bonds is 6. The maximum Gasteiger partial charge on any atom is 0.420 e. The van der Waals surface area contributed by atoms with Crippen molar-refractivity contribution in [3.05, 3.63) is 126 Å². The van der Waals surface area contributed by atoms with Gasteiger partial charge in [0.25, 0.3) is 5.91 Å². The Morgan fingerprint density at radius 1 is 0.719 bits per heavy atom. The molecule has 11 nitrogen and oxygen atoms in total. The van der Waals surface area contributed by atoms with Crippen molar-refractivity contribution in [1.82, 2.24) is 39.0 Å². The zero-order valence-electron chi connectivity index (χ0n) is 32.7. The zero-order valence-corrected chi connectivity index (χ0v) is 35.9. The number of aromatic nitrogens is 6. The Labute approximate surface area is 380 Å². The van der Waals surface area contributed by atoms with Crippen LogP contribution in [0.2, 0.25) is 10.3 Å². The fourth-order valence-corrected chi connectivity index (χ4v) is 9.41. The second kappa shape index (κ2) is 19.0. The van der Waals surface area contributed by atoms with Crippen LogP contribution in [-0.2, 0) is 12.4 Å². The van der Waals surface area contributed by atoms with Crippen LogP contribution in [-0.4, -0.2) is 76.8 Å². The van der Waals surface area contributed by atoms with Gasteiger partial charge in [-0.15, -0.1) is 22.7 Å². The molecule has 0 unspecified atom stereocenters. The number of carboxylic acids is 1. The van der Waals surface area contributed by atoms with E-state index < -0.39 is 46.7 Å². The lowest BCUT2D eigenvalue weighted by Gasteiger charge is -2.14. The topological polar surface area (TPSA) is 130 Å². The first kappa shape index (κ1) is 46.6. The van der Waals surface area contributed by atoms with Crippen molar-refractivity contribution in [3.63, 3.8) is 0 Å². The van der Waals surface area contributed by atoms with Gasteiger partial charge in [-0.1, -0.05) is 54.9 Å². The van der Waals surface area contributed by atoms with Crippen molar-refractivity contribution in [2.75, 3.05) is 26.2 Å². The standard InChI is InChI=1S/C21H16ClF3N4OS.C14H10ClF3N2O2.C7H8N2S.CH4/c22-17-16(20(30)28-7-5-13(10-28)19-26-6-8-31-19)27-18-15(21(23,24)25)9-14(11-29(17)18)12-3-1-2-4-12;15-11-10(13(21)22)19-12-9(14(16,17)18)5-8(6-20(11)12)7-3-1-2-4-7;1-2-8-5-6(1)7-9-3-4-10-7;/h3,5-6,8-9,11H,1-2,4,7,10H2;3,5-6H,1-2,4H2,(H,21,22);1,3-4,8H,2,5H2;1H4. The predicted molar refractivity (Wildman–Crippen MR) is 237 cm³/mol. The molecule has 0 radical (unpaired) electrons. The van der Waals surface area contributed by atoms with Crippen LogP contribution >= 0.6 is 45.9 Å². The minimum Gasteiger partial charge on any atom is -0.476 e. The Morgan fingerprint density at radius 3 is 1.67 bits per heavy atom. The average Bonchev–Trinajstić information content (AvgIpc) is 4.11. The van der Waals surface area contributed by atoms with Gasteiger partial charge in [0.05, 0.1) is 11.1 Å². The molecule has 6 aromatic rings. The second-order valence-electron chi connectivity index (χ2n) is 14.7. The van der Waals surface area contributed by atoms with E-state index in [2.05, 4.69) is 31.3 Å². The van der Waals surface area contributed by atoms with Gasteiger partial charge in [0.15, 0.2) is 22.7 Å². The molecule has 4 aliphatic rings. The summed E-state index contributed by atoms with van der Waals surface area (Å²) < 4.78 is 83.4. The summed E-state index contributed by atoms with van der Waals surface area (Å²) in [5.41, 5.74) is 1.18. The van der Waals surface area contributed by atoms with Gasteiger partial charge in [-0.3, -0.25) is 13.6 Å². The van der Waals surface area contributed by atoms with Gasteiger partial charge in [-0.2, -0.15) is 26.3 Å². The summed E-state index contributed by atoms with van der Waals surface area (Å²) >= 11 is 15.5. The van der Waals surface area contributed by atoms with Gasteiger partial charge in [0, 0.05) is 67.3 Å². The minimum atomic E-state index is -4.65. The molecule has 0 spiro atoms. The number of nitrogens with one attached hydrogen (secondary N) is 1. The van der Waals surface area contributed by atoms with Crippen LogP contribution in [0, 0.1) is 0 Å². The van der Waals surface area contributed by atoms with Gasteiger partial charge in [-0.05, 0) is 78.5 Å². The molecule has 10 rings (SSSR count). The van der Waals surface area contributed by atoms with Gasteiger partial charge in [0.1, 0.15) is 20.3 Å². The van der Waals surface area contributed by atoms with E-state index >= 15 is 0 Å². The quantitative estimate of drug-likeness (QED) is 0.158. The Hall–Kier alpha value is -5.34. The molecule has 6 aromatic heterocycles. The summed E-state index contributed by atoms with van der Waals surface area (Å²) in [5, 5.41) is 17.6. The highest BCUT2D eigenvalue weighted by Gasteiger charge is 2.38. The van der Waals surface area contributed by atoms with E-state index in [1.807, 2.05) is 35.2 Å². The van der Waals surface area contributed by atoms with E-state index in [1.165, 1.54) is 38.6 Å². The number of aromatic carboxylic acids is 1. The summed E-state index contributed by atoms with van der Waals surface area (Å²) in [6.45, 7) is 2.60. The first-order valence-electron chi connectivity index (χ1n) is 19.5. The molecule has 1 amide bonds. The molecule has 0 bridgehead atoms. The molecule has 64 heavy (non-hydrogen) atoms. The first-order chi connectivity index (χ1) is 30.1. The number of nitrogens with zero attached hydrogens (tertiary/aromatic N) is 7. The number of fused-ring (bicyclic) bond motifs is 2. The van der Waals surface area contributed by atoms with Crippen LogP contribution in [0.3, 0.4) is 0 Å². The molecule has 0 aromatic carbocycles. The van der Waals surface area contributed by atoms with Gasteiger partial charge in [-0.25, -0.2) is 24.7 Å². The lowest BCUT2D eigenvalue weighted by atomic mass is 10.1. The van der Waals surface area contributed by atoms with E-state index in [1.54, 1.807) is 17.5 Å². The average molecular weight is 964 g/mol. The number of hydrogen-bond donors (Lipinski definition) is 2. The second-order valence-corrected chi connectivity index (χ2v) is 17.2. The van der Waals surface area contributed by atoms with Gasteiger partial charge < -0.3 is 15.3 Å². The third-order valence-corrected chi connectivity index (χ3v) is 13.0. The van der Waals surface area contributed by atoms with E-state index in [9.17, 15) is 35.9 Å². The number of halogens is 8. The molecule has 8 heterocycles. The number of amides is 1. The Balaban J connectivity index is 0.000000161. The van der Waals surface area contributed by atoms with Crippen molar-refractivity contribution >= 4 is 91.3 Å². The van der Waals surface area contributed by atoms with E-state index in [-0.39, 0.29) is 29.1 Å². The van der Waals surface area contributed by atoms with Crippen molar-refractivity contribution in [2.24, 2.45) is 0 Å². The monoisotopic (exact) mass is 962 g/mol. The molecule has 0 saturated heterocycles. The smallest absolute Gasteiger partial charge is 0.420 e. The number of allylic oxidation sites excluding steroid dienone is 4. The van der Waals surface area contributed by atoms with Gasteiger partial charge >= 0.3 is 18.3 Å². The Kier molecular flexibility index (Phi) is 13.9. The molecule has 2 aliphatic carbocycles. The first-order valence-corrected chi connectivity index (χ1v) is 22.0. The largest absolute Gasteiger partial charge is 0.476 e. The molecule has 0 atom stereocenters. The minimum absolute atomic E-state index is 0. The fraction of sp³-hybridized carbons (Fsp3) is 0.302. The lowest BCUT2D eigenvalue weighted by molar-refractivity contribution is -0.137. The number of carboxylic acid groups (broad SMARTS) is 1. The molecule has 2 N–H and O–H groups in total. The van der Waals surface area contributed by atoms with Crippen molar-refractivity contribution in [3.8, 4) is 0 Å². The van der Waals surface area contributed by atoms with Crippen LogP contribution in [0.5, 0.6) is 0 Å². The summed E-state index contributed by atoms with van der Waals surface area (Å²) in [6, 6.07) is 2.10. The fourth-order valence-electron chi connectivity index (χ4n) is 7.56. The third-order valence-electron chi connectivity index (χ3n) is 10.6. The number of hydrogen-bond acceptors (Lipinski definition) is 9. The van der Waals surface area contributed by atoms with E-state index in [4.69, 9.17) is 28.3 Å². The number of alkyl halides is 6. The van der Waals surface area contributed by atoms with Crippen molar-refractivity contribution in [2.45, 2.75) is 58.3 Å².